The summed E-state index contributed by atoms with van der Waals surface area (Å²) in [5.41, 5.74) is 6.88. The Balaban J connectivity index is 2.16. The SMILES string of the molecule is Nc1ccc(OC(=O)c2cccc(C=O)c2)cc1. The molecule has 0 aliphatic heterocycles. The number of benzene rings is 2. The predicted molar refractivity (Wildman–Crippen MR) is 67.6 cm³/mol. The lowest BCUT2D eigenvalue weighted by molar-refractivity contribution is 0.0735. The van der Waals surface area contributed by atoms with E-state index < -0.39 is 5.97 Å². The van der Waals surface area contributed by atoms with Gasteiger partial charge in [0.1, 0.15) is 12.0 Å². The van der Waals surface area contributed by atoms with Crippen molar-refractivity contribution in [2.24, 2.45) is 0 Å². The number of carbonyl (C=O) groups is 2. The van der Waals surface area contributed by atoms with E-state index in [9.17, 15) is 9.59 Å². The van der Waals surface area contributed by atoms with Gasteiger partial charge >= 0.3 is 5.97 Å². The van der Waals surface area contributed by atoms with Crippen molar-refractivity contribution in [2.75, 3.05) is 5.73 Å². The summed E-state index contributed by atoms with van der Waals surface area (Å²) < 4.78 is 5.14. The van der Waals surface area contributed by atoms with Crippen LogP contribution < -0.4 is 10.5 Å². The Morgan fingerprint density at radius 3 is 2.50 bits per heavy atom. The number of ether oxygens (including phenoxy) is 1. The average molecular weight is 241 g/mol. The van der Waals surface area contributed by atoms with Crippen LogP contribution in [0.25, 0.3) is 0 Å². The Kier molecular flexibility index (Phi) is 3.38. The molecule has 0 bridgehead atoms. The van der Waals surface area contributed by atoms with Gasteiger partial charge in [-0.25, -0.2) is 4.79 Å². The number of aldehydes is 1. The largest absolute Gasteiger partial charge is 0.423 e. The monoisotopic (exact) mass is 241 g/mol. The Labute approximate surface area is 104 Å². The van der Waals surface area contributed by atoms with Crippen molar-refractivity contribution in [1.82, 2.24) is 0 Å². The van der Waals surface area contributed by atoms with Crippen LogP contribution in [-0.2, 0) is 0 Å². The molecule has 2 aromatic rings. The molecular formula is C14H11NO3. The van der Waals surface area contributed by atoms with Crippen molar-refractivity contribution in [2.45, 2.75) is 0 Å². The highest BCUT2D eigenvalue weighted by Crippen LogP contribution is 2.15. The topological polar surface area (TPSA) is 69.4 Å². The fourth-order valence-electron chi connectivity index (χ4n) is 1.44. The van der Waals surface area contributed by atoms with Gasteiger partial charge in [-0.05, 0) is 36.4 Å². The van der Waals surface area contributed by atoms with Crippen LogP contribution in [0.15, 0.2) is 48.5 Å². The van der Waals surface area contributed by atoms with Crippen LogP contribution in [0.1, 0.15) is 20.7 Å². The van der Waals surface area contributed by atoms with E-state index in [1.807, 2.05) is 0 Å². The Hall–Kier alpha value is -2.62. The summed E-state index contributed by atoms with van der Waals surface area (Å²) in [6.45, 7) is 0. The van der Waals surface area contributed by atoms with Crippen LogP contribution in [-0.4, -0.2) is 12.3 Å². The number of carbonyl (C=O) groups excluding carboxylic acids is 2. The molecule has 0 unspecified atom stereocenters. The molecule has 0 fully saturated rings. The van der Waals surface area contributed by atoms with Crippen molar-refractivity contribution in [1.29, 1.82) is 0 Å². The molecule has 4 nitrogen and oxygen atoms in total. The number of hydrogen-bond donors (Lipinski definition) is 1. The summed E-state index contributed by atoms with van der Waals surface area (Å²) in [4.78, 5) is 22.4. The fourth-order valence-corrected chi connectivity index (χ4v) is 1.44. The first-order valence-corrected chi connectivity index (χ1v) is 5.32. The number of esters is 1. The molecule has 0 heterocycles. The van der Waals surface area contributed by atoms with Crippen LogP contribution in [0.3, 0.4) is 0 Å². The number of rotatable bonds is 3. The van der Waals surface area contributed by atoms with E-state index in [2.05, 4.69) is 0 Å². The zero-order chi connectivity index (χ0) is 13.0. The summed E-state index contributed by atoms with van der Waals surface area (Å²) in [6, 6.07) is 12.8. The zero-order valence-corrected chi connectivity index (χ0v) is 9.50. The van der Waals surface area contributed by atoms with Gasteiger partial charge in [-0.3, -0.25) is 4.79 Å². The minimum atomic E-state index is -0.511. The predicted octanol–water partition coefficient (Wildman–Crippen LogP) is 2.30. The molecule has 2 rings (SSSR count). The molecule has 0 radical (unpaired) electrons. The van der Waals surface area contributed by atoms with Crippen molar-refractivity contribution < 1.29 is 14.3 Å². The molecule has 0 aliphatic carbocycles. The summed E-state index contributed by atoms with van der Waals surface area (Å²) >= 11 is 0. The first kappa shape index (κ1) is 11.9. The summed E-state index contributed by atoms with van der Waals surface area (Å²) in [5.74, 6) is -0.103. The lowest BCUT2D eigenvalue weighted by Crippen LogP contribution is -2.08. The van der Waals surface area contributed by atoms with Crippen LogP contribution in [0.5, 0.6) is 5.75 Å². The van der Waals surface area contributed by atoms with E-state index in [0.717, 1.165) is 0 Å². The third-order valence-electron chi connectivity index (χ3n) is 2.35. The highest BCUT2D eigenvalue weighted by atomic mass is 16.5. The Morgan fingerprint density at radius 2 is 1.83 bits per heavy atom. The molecule has 0 amide bonds. The normalized spacial score (nSPS) is 9.78. The molecule has 18 heavy (non-hydrogen) atoms. The Bertz CT molecular complexity index is 576. The van der Waals surface area contributed by atoms with Crippen molar-refractivity contribution in [3.63, 3.8) is 0 Å². The standard InChI is InChI=1S/C14H11NO3/c15-12-4-6-13(7-5-12)18-14(17)11-3-1-2-10(8-11)9-16/h1-9H,15H2. The summed E-state index contributed by atoms with van der Waals surface area (Å²) in [7, 11) is 0. The molecule has 0 saturated carbocycles. The third kappa shape index (κ3) is 2.74. The van der Waals surface area contributed by atoms with E-state index in [4.69, 9.17) is 10.5 Å². The van der Waals surface area contributed by atoms with Crippen LogP contribution in [0, 0.1) is 0 Å². The highest BCUT2D eigenvalue weighted by Gasteiger charge is 2.08. The fraction of sp³-hybridized carbons (Fsp3) is 0. The molecule has 0 atom stereocenters. The van der Waals surface area contributed by atoms with E-state index in [-0.39, 0.29) is 0 Å². The zero-order valence-electron chi connectivity index (χ0n) is 9.50. The summed E-state index contributed by atoms with van der Waals surface area (Å²) in [5, 5.41) is 0. The van der Waals surface area contributed by atoms with Gasteiger partial charge in [-0.15, -0.1) is 0 Å². The van der Waals surface area contributed by atoms with E-state index in [1.165, 1.54) is 6.07 Å². The second kappa shape index (κ2) is 5.14. The summed E-state index contributed by atoms with van der Waals surface area (Å²) in [6.07, 6.45) is 0.681. The molecule has 4 heteroatoms. The first-order chi connectivity index (χ1) is 8.69. The molecule has 0 saturated heterocycles. The van der Waals surface area contributed by atoms with Gasteiger partial charge in [0.25, 0.3) is 0 Å². The lowest BCUT2D eigenvalue weighted by atomic mass is 10.1. The van der Waals surface area contributed by atoms with Gasteiger partial charge in [-0.2, -0.15) is 0 Å². The number of anilines is 1. The highest BCUT2D eigenvalue weighted by molar-refractivity contribution is 5.93. The number of nitrogens with two attached hydrogens (primary N) is 1. The smallest absolute Gasteiger partial charge is 0.343 e. The van der Waals surface area contributed by atoms with Gasteiger partial charge in [-0.1, -0.05) is 12.1 Å². The minimum absolute atomic E-state index is 0.330. The quantitative estimate of drug-likeness (QED) is 0.387. The van der Waals surface area contributed by atoms with Crippen molar-refractivity contribution in [3.05, 3.63) is 59.7 Å². The molecular weight excluding hydrogens is 230 g/mol. The van der Waals surface area contributed by atoms with Gasteiger partial charge in [0.2, 0.25) is 0 Å². The lowest BCUT2D eigenvalue weighted by Gasteiger charge is -2.04. The van der Waals surface area contributed by atoms with Gasteiger partial charge in [0, 0.05) is 11.3 Å². The van der Waals surface area contributed by atoms with E-state index >= 15 is 0 Å². The molecule has 2 aromatic carbocycles. The molecule has 0 spiro atoms. The maximum atomic E-state index is 11.8. The molecule has 90 valence electrons. The molecule has 2 N–H and O–H groups in total. The first-order valence-electron chi connectivity index (χ1n) is 5.32. The van der Waals surface area contributed by atoms with Crippen LogP contribution in [0.2, 0.25) is 0 Å². The number of hydrogen-bond acceptors (Lipinski definition) is 4. The molecule has 0 aromatic heterocycles. The van der Waals surface area contributed by atoms with Crippen molar-refractivity contribution >= 4 is 17.9 Å². The van der Waals surface area contributed by atoms with Crippen molar-refractivity contribution in [3.8, 4) is 5.75 Å². The maximum Gasteiger partial charge on any atom is 0.343 e. The minimum Gasteiger partial charge on any atom is -0.423 e. The second-order valence-electron chi connectivity index (χ2n) is 3.70. The van der Waals surface area contributed by atoms with Gasteiger partial charge in [0.15, 0.2) is 0 Å². The van der Waals surface area contributed by atoms with Crippen LogP contribution >= 0.6 is 0 Å². The van der Waals surface area contributed by atoms with E-state index in [0.29, 0.717) is 28.8 Å². The van der Waals surface area contributed by atoms with Gasteiger partial charge in [0.05, 0.1) is 5.56 Å². The average Bonchev–Trinajstić information content (AvgIpc) is 2.41. The molecule has 0 aliphatic rings. The Morgan fingerprint density at radius 1 is 1.11 bits per heavy atom. The van der Waals surface area contributed by atoms with Gasteiger partial charge < -0.3 is 10.5 Å². The van der Waals surface area contributed by atoms with Crippen LogP contribution in [0.4, 0.5) is 5.69 Å². The van der Waals surface area contributed by atoms with E-state index in [1.54, 1.807) is 42.5 Å². The number of nitrogen functional groups attached to an aromatic ring is 1. The second-order valence-corrected chi connectivity index (χ2v) is 3.70. The maximum absolute atomic E-state index is 11.8. The third-order valence-corrected chi connectivity index (χ3v) is 2.35.